The summed E-state index contributed by atoms with van der Waals surface area (Å²) in [5.41, 5.74) is 4.21. The number of rotatable bonds is 8. The summed E-state index contributed by atoms with van der Waals surface area (Å²) in [6.07, 6.45) is 4.35. The maximum atomic E-state index is 11.4. The summed E-state index contributed by atoms with van der Waals surface area (Å²) >= 11 is 0. The second-order valence-corrected chi connectivity index (χ2v) is 3.80. The van der Waals surface area contributed by atoms with Crippen molar-refractivity contribution in [2.75, 3.05) is 27.9 Å². The van der Waals surface area contributed by atoms with Gasteiger partial charge in [-0.3, -0.25) is 0 Å². The number of hydroxylamine groups is 1. The normalized spacial score (nSPS) is 10.2. The largest absolute Gasteiger partial charge is 0.493 e. The molecule has 6 heteroatoms. The highest BCUT2D eigenvalue weighted by Crippen LogP contribution is 2.38. The molecule has 0 aliphatic rings. The summed E-state index contributed by atoms with van der Waals surface area (Å²) in [5.74, 6) is 0.911. The zero-order chi connectivity index (χ0) is 15.7. The zero-order valence-electron chi connectivity index (χ0n) is 12.3. The van der Waals surface area contributed by atoms with Crippen LogP contribution >= 0.6 is 0 Å². The van der Waals surface area contributed by atoms with Crippen molar-refractivity contribution in [2.24, 2.45) is 0 Å². The number of carbonyl (C=O) groups excluding carboxylic acids is 1. The minimum Gasteiger partial charge on any atom is -0.493 e. The van der Waals surface area contributed by atoms with E-state index in [1.807, 2.05) is 0 Å². The first-order valence-corrected chi connectivity index (χ1v) is 6.13. The lowest BCUT2D eigenvalue weighted by Gasteiger charge is -2.12. The predicted octanol–water partition coefficient (Wildman–Crippen LogP) is 1.97. The van der Waals surface area contributed by atoms with Gasteiger partial charge in [0.2, 0.25) is 5.75 Å². The van der Waals surface area contributed by atoms with Gasteiger partial charge in [-0.05, 0) is 29.3 Å². The van der Waals surface area contributed by atoms with E-state index in [4.69, 9.17) is 14.2 Å². The summed E-state index contributed by atoms with van der Waals surface area (Å²) in [5, 5.41) is 0. The summed E-state index contributed by atoms with van der Waals surface area (Å²) < 4.78 is 15.7. The SMILES string of the molecule is C=CC[N]OC(=O)/C=C/c1cc(OC)c(OC)c(OC)c1. The van der Waals surface area contributed by atoms with Crippen LogP contribution in [0.25, 0.3) is 6.08 Å². The van der Waals surface area contributed by atoms with Crippen molar-refractivity contribution in [2.45, 2.75) is 0 Å². The number of carbonyl (C=O) groups is 1. The molecule has 21 heavy (non-hydrogen) atoms. The Hall–Kier alpha value is -2.47. The van der Waals surface area contributed by atoms with Crippen molar-refractivity contribution in [3.8, 4) is 17.2 Å². The summed E-state index contributed by atoms with van der Waals surface area (Å²) in [4.78, 5) is 16.0. The number of hydrogen-bond acceptors (Lipinski definition) is 5. The van der Waals surface area contributed by atoms with Gasteiger partial charge in [-0.25, -0.2) is 4.79 Å². The highest BCUT2D eigenvalue weighted by molar-refractivity contribution is 5.87. The van der Waals surface area contributed by atoms with Gasteiger partial charge in [-0.2, -0.15) is 0 Å². The van der Waals surface area contributed by atoms with Crippen LogP contribution in [-0.4, -0.2) is 33.8 Å². The van der Waals surface area contributed by atoms with Crippen LogP contribution in [0.2, 0.25) is 0 Å². The van der Waals surface area contributed by atoms with Gasteiger partial charge in [0.25, 0.3) is 0 Å². The second-order valence-electron chi connectivity index (χ2n) is 3.80. The van der Waals surface area contributed by atoms with Crippen LogP contribution in [0.5, 0.6) is 17.2 Å². The van der Waals surface area contributed by atoms with Crippen LogP contribution in [-0.2, 0) is 9.63 Å². The van der Waals surface area contributed by atoms with Gasteiger partial charge in [0.15, 0.2) is 11.5 Å². The fourth-order valence-corrected chi connectivity index (χ4v) is 1.55. The average molecular weight is 292 g/mol. The molecule has 0 aliphatic heterocycles. The van der Waals surface area contributed by atoms with Crippen molar-refractivity contribution >= 4 is 12.0 Å². The Morgan fingerprint density at radius 2 is 1.81 bits per heavy atom. The quantitative estimate of drug-likeness (QED) is 0.317. The molecule has 6 nitrogen and oxygen atoms in total. The maximum absolute atomic E-state index is 11.4. The van der Waals surface area contributed by atoms with Crippen LogP contribution in [0.3, 0.4) is 0 Å². The molecule has 0 spiro atoms. The molecule has 0 fully saturated rings. The van der Waals surface area contributed by atoms with Gasteiger partial charge >= 0.3 is 5.97 Å². The predicted molar refractivity (Wildman–Crippen MR) is 78.4 cm³/mol. The smallest absolute Gasteiger partial charge is 0.351 e. The first-order valence-electron chi connectivity index (χ1n) is 6.13. The molecule has 0 saturated heterocycles. The van der Waals surface area contributed by atoms with Crippen molar-refractivity contribution in [1.82, 2.24) is 5.48 Å². The zero-order valence-corrected chi connectivity index (χ0v) is 12.3. The molecule has 113 valence electrons. The average Bonchev–Trinajstić information content (AvgIpc) is 2.51. The van der Waals surface area contributed by atoms with Gasteiger partial charge in [0.05, 0.1) is 27.9 Å². The Labute approximate surface area is 123 Å². The molecule has 0 saturated carbocycles. The van der Waals surface area contributed by atoms with Crippen LogP contribution < -0.4 is 19.7 Å². The first kappa shape index (κ1) is 16.6. The van der Waals surface area contributed by atoms with E-state index in [0.717, 1.165) is 0 Å². The molecule has 0 unspecified atom stereocenters. The van der Waals surface area contributed by atoms with Crippen molar-refractivity contribution in [3.63, 3.8) is 0 Å². The van der Waals surface area contributed by atoms with E-state index in [1.54, 1.807) is 18.2 Å². The molecular formula is C15H18NO5. The molecule has 0 N–H and O–H groups in total. The van der Waals surface area contributed by atoms with Crippen LogP contribution in [0.15, 0.2) is 30.9 Å². The molecule has 0 bridgehead atoms. The summed E-state index contributed by atoms with van der Waals surface area (Å²) in [6.45, 7) is 3.72. The van der Waals surface area contributed by atoms with Crippen molar-refractivity contribution in [1.29, 1.82) is 0 Å². The van der Waals surface area contributed by atoms with Crippen molar-refractivity contribution < 1.29 is 23.8 Å². The van der Waals surface area contributed by atoms with E-state index in [1.165, 1.54) is 33.5 Å². The van der Waals surface area contributed by atoms with Crippen LogP contribution in [0.1, 0.15) is 5.56 Å². The Morgan fingerprint density at radius 3 is 2.29 bits per heavy atom. The second kappa shape index (κ2) is 8.65. The molecule has 0 heterocycles. The lowest BCUT2D eigenvalue weighted by atomic mass is 10.1. The number of hydrogen-bond donors (Lipinski definition) is 0. The Balaban J connectivity index is 2.88. The standard InChI is InChI=1S/C15H18NO5/c1-5-8-16-21-14(17)7-6-11-9-12(18-2)15(20-4)13(10-11)19-3/h5-7,9-10H,1,8H2,2-4H3/b7-6+. The third-order valence-electron chi connectivity index (χ3n) is 2.46. The van der Waals surface area contributed by atoms with Gasteiger partial charge < -0.3 is 19.0 Å². The fraction of sp³-hybridized carbons (Fsp3) is 0.267. The van der Waals surface area contributed by atoms with E-state index in [2.05, 4.69) is 16.9 Å². The Kier molecular flexibility index (Phi) is 6.83. The van der Waals surface area contributed by atoms with E-state index in [9.17, 15) is 4.79 Å². The van der Waals surface area contributed by atoms with Crippen LogP contribution in [0.4, 0.5) is 0 Å². The lowest BCUT2D eigenvalue weighted by molar-refractivity contribution is -0.145. The number of methoxy groups -OCH3 is 3. The first-order chi connectivity index (χ1) is 10.2. The molecule has 1 rings (SSSR count). The van der Waals surface area contributed by atoms with E-state index in [-0.39, 0.29) is 6.54 Å². The third kappa shape index (κ3) is 4.85. The molecule has 1 radical (unpaired) electrons. The minimum atomic E-state index is -0.578. The van der Waals surface area contributed by atoms with E-state index >= 15 is 0 Å². The lowest BCUT2D eigenvalue weighted by Crippen LogP contribution is -2.10. The van der Waals surface area contributed by atoms with E-state index in [0.29, 0.717) is 22.8 Å². The molecular weight excluding hydrogens is 274 g/mol. The monoisotopic (exact) mass is 292 g/mol. The van der Waals surface area contributed by atoms with Gasteiger partial charge in [-0.1, -0.05) is 6.08 Å². The van der Waals surface area contributed by atoms with Crippen LogP contribution in [0, 0.1) is 0 Å². The summed E-state index contributed by atoms with van der Waals surface area (Å²) in [7, 11) is 4.56. The molecule has 0 atom stereocenters. The molecule has 0 aromatic heterocycles. The van der Waals surface area contributed by atoms with Crippen molar-refractivity contribution in [3.05, 3.63) is 36.4 Å². The fourth-order valence-electron chi connectivity index (χ4n) is 1.55. The Morgan fingerprint density at radius 1 is 1.19 bits per heavy atom. The topological polar surface area (TPSA) is 68.1 Å². The molecule has 0 amide bonds. The molecule has 1 aromatic rings. The minimum absolute atomic E-state index is 0.254. The highest BCUT2D eigenvalue weighted by atomic mass is 16.7. The van der Waals surface area contributed by atoms with Gasteiger partial charge in [0, 0.05) is 6.08 Å². The molecule has 0 aliphatic carbocycles. The third-order valence-corrected chi connectivity index (χ3v) is 2.46. The number of nitrogens with zero attached hydrogens (tertiary/aromatic N) is 1. The van der Waals surface area contributed by atoms with Gasteiger partial charge in [0.1, 0.15) is 0 Å². The maximum Gasteiger partial charge on any atom is 0.351 e. The highest BCUT2D eigenvalue weighted by Gasteiger charge is 2.12. The number of benzene rings is 1. The summed E-state index contributed by atoms with van der Waals surface area (Å²) in [6, 6.07) is 3.43. The Bertz CT molecular complexity index is 500. The molecule has 1 aromatic carbocycles. The van der Waals surface area contributed by atoms with Gasteiger partial charge in [-0.15, -0.1) is 6.58 Å². The number of ether oxygens (including phenoxy) is 3. The van der Waals surface area contributed by atoms with E-state index < -0.39 is 5.97 Å².